The number of likely N-dealkylation sites (tertiary alicyclic amines) is 1. The number of guanidine groups is 1. The fraction of sp³-hybridized carbons (Fsp3) is 0.941. The summed E-state index contributed by atoms with van der Waals surface area (Å²) in [6.45, 7) is 17.0. The maximum atomic E-state index is 6.18. The summed E-state index contributed by atoms with van der Waals surface area (Å²) < 4.78 is 0. The van der Waals surface area contributed by atoms with Crippen LogP contribution in [0.1, 0.15) is 33.6 Å². The highest BCUT2D eigenvalue weighted by Crippen LogP contribution is 2.15. The molecule has 2 unspecified atom stereocenters. The van der Waals surface area contributed by atoms with E-state index >= 15 is 0 Å². The van der Waals surface area contributed by atoms with E-state index in [2.05, 4.69) is 40.5 Å². The normalized spacial score (nSPS) is 27.1. The number of hydrogen-bond donors (Lipinski definition) is 1. The van der Waals surface area contributed by atoms with Crippen molar-refractivity contribution < 1.29 is 0 Å². The molecular weight excluding hydrogens is 274 g/mol. The Morgan fingerprint density at radius 2 is 1.86 bits per heavy atom. The Hall–Kier alpha value is -0.810. The quantitative estimate of drug-likeness (QED) is 0.614. The Morgan fingerprint density at radius 1 is 1.18 bits per heavy atom. The van der Waals surface area contributed by atoms with Gasteiger partial charge in [0.25, 0.3) is 0 Å². The van der Waals surface area contributed by atoms with Crippen molar-refractivity contribution in [3.8, 4) is 0 Å². The predicted octanol–water partition coefficient (Wildman–Crippen LogP) is 1.31. The maximum absolute atomic E-state index is 6.18. The summed E-state index contributed by atoms with van der Waals surface area (Å²) in [7, 11) is 0. The standard InChI is InChI=1S/C17H35N5/c1-4-20-8-10-21(11-9-20)13-16(3)12-19-17(18)22-7-5-6-15(2)14-22/h15-16H,4-14H2,1-3H3,(H2,18,19). The second kappa shape index (κ2) is 8.73. The topological polar surface area (TPSA) is 48.1 Å². The molecule has 0 spiro atoms. The highest BCUT2D eigenvalue weighted by atomic mass is 15.3. The molecule has 2 aliphatic heterocycles. The molecule has 2 atom stereocenters. The molecule has 2 rings (SSSR count). The molecule has 0 radical (unpaired) electrons. The van der Waals surface area contributed by atoms with Gasteiger partial charge in [-0.15, -0.1) is 0 Å². The molecule has 2 fully saturated rings. The van der Waals surface area contributed by atoms with E-state index in [4.69, 9.17) is 5.73 Å². The number of piperidine rings is 1. The predicted molar refractivity (Wildman–Crippen MR) is 94.2 cm³/mol. The van der Waals surface area contributed by atoms with Gasteiger partial charge in [0.1, 0.15) is 0 Å². The number of nitrogens with two attached hydrogens (primary N) is 1. The third-order valence-electron chi connectivity index (χ3n) is 5.03. The molecule has 0 aliphatic carbocycles. The van der Waals surface area contributed by atoms with E-state index in [0.29, 0.717) is 5.92 Å². The number of piperazine rings is 1. The van der Waals surface area contributed by atoms with Crippen LogP contribution in [0.5, 0.6) is 0 Å². The molecular formula is C17H35N5. The van der Waals surface area contributed by atoms with E-state index in [1.807, 2.05) is 0 Å². The van der Waals surface area contributed by atoms with Gasteiger partial charge < -0.3 is 20.4 Å². The van der Waals surface area contributed by atoms with E-state index in [1.165, 1.54) is 45.6 Å². The second-order valence-electron chi connectivity index (χ2n) is 7.23. The van der Waals surface area contributed by atoms with Gasteiger partial charge in [0.15, 0.2) is 5.96 Å². The Balaban J connectivity index is 1.70. The number of rotatable bonds is 5. The van der Waals surface area contributed by atoms with Crippen molar-refractivity contribution >= 4 is 5.96 Å². The first-order chi connectivity index (χ1) is 10.6. The largest absolute Gasteiger partial charge is 0.370 e. The summed E-state index contributed by atoms with van der Waals surface area (Å²) in [5.74, 6) is 2.08. The van der Waals surface area contributed by atoms with Crippen molar-refractivity contribution in [2.45, 2.75) is 33.6 Å². The molecule has 0 saturated carbocycles. The van der Waals surface area contributed by atoms with Gasteiger partial charge >= 0.3 is 0 Å². The van der Waals surface area contributed by atoms with Crippen LogP contribution in [0.2, 0.25) is 0 Å². The van der Waals surface area contributed by atoms with Gasteiger partial charge in [-0.1, -0.05) is 20.8 Å². The minimum Gasteiger partial charge on any atom is -0.370 e. The Labute approximate surface area is 136 Å². The number of aliphatic imine (C=N–C) groups is 1. The van der Waals surface area contributed by atoms with Crippen molar-refractivity contribution in [1.29, 1.82) is 0 Å². The van der Waals surface area contributed by atoms with Crippen LogP contribution in [-0.2, 0) is 0 Å². The maximum Gasteiger partial charge on any atom is 0.191 e. The lowest BCUT2D eigenvalue weighted by molar-refractivity contribution is 0.125. The molecule has 0 bridgehead atoms. The van der Waals surface area contributed by atoms with E-state index < -0.39 is 0 Å². The molecule has 0 amide bonds. The van der Waals surface area contributed by atoms with Crippen LogP contribution in [0.15, 0.2) is 4.99 Å². The van der Waals surface area contributed by atoms with Gasteiger partial charge in [0, 0.05) is 52.4 Å². The van der Waals surface area contributed by atoms with E-state index in [-0.39, 0.29) is 0 Å². The number of likely N-dealkylation sites (N-methyl/N-ethyl adjacent to an activating group) is 1. The van der Waals surface area contributed by atoms with Crippen molar-refractivity contribution in [3.63, 3.8) is 0 Å². The first-order valence-electron chi connectivity index (χ1n) is 9.08. The molecule has 22 heavy (non-hydrogen) atoms. The average molecular weight is 310 g/mol. The fourth-order valence-electron chi connectivity index (χ4n) is 3.53. The van der Waals surface area contributed by atoms with Gasteiger partial charge in [0.05, 0.1) is 0 Å². The van der Waals surface area contributed by atoms with Gasteiger partial charge in [-0.2, -0.15) is 0 Å². The molecule has 5 heteroatoms. The molecule has 0 aromatic heterocycles. The molecule has 0 aromatic carbocycles. The Morgan fingerprint density at radius 3 is 2.50 bits per heavy atom. The lowest BCUT2D eigenvalue weighted by Crippen LogP contribution is -2.47. The summed E-state index contributed by atoms with van der Waals surface area (Å²) >= 11 is 0. The summed E-state index contributed by atoms with van der Waals surface area (Å²) in [4.78, 5) is 12.0. The van der Waals surface area contributed by atoms with E-state index in [1.54, 1.807) is 0 Å². The lowest BCUT2D eigenvalue weighted by Gasteiger charge is -2.35. The van der Waals surface area contributed by atoms with Crippen LogP contribution < -0.4 is 5.73 Å². The minimum atomic E-state index is 0.578. The molecule has 0 aromatic rings. The van der Waals surface area contributed by atoms with Gasteiger partial charge in [0.2, 0.25) is 0 Å². The Bertz CT molecular complexity index is 349. The summed E-state index contributed by atoms with van der Waals surface area (Å²) in [5.41, 5.74) is 6.18. The minimum absolute atomic E-state index is 0.578. The van der Waals surface area contributed by atoms with Crippen LogP contribution in [0.25, 0.3) is 0 Å². The zero-order valence-electron chi connectivity index (χ0n) is 14.8. The third-order valence-corrected chi connectivity index (χ3v) is 5.03. The zero-order chi connectivity index (χ0) is 15.9. The zero-order valence-corrected chi connectivity index (χ0v) is 14.8. The van der Waals surface area contributed by atoms with Crippen LogP contribution in [-0.4, -0.2) is 79.6 Å². The van der Waals surface area contributed by atoms with Crippen LogP contribution >= 0.6 is 0 Å². The summed E-state index contributed by atoms with van der Waals surface area (Å²) in [5, 5.41) is 0. The van der Waals surface area contributed by atoms with Gasteiger partial charge in [-0.25, -0.2) is 0 Å². The first-order valence-corrected chi connectivity index (χ1v) is 9.08. The number of hydrogen-bond acceptors (Lipinski definition) is 3. The van der Waals surface area contributed by atoms with E-state index in [0.717, 1.165) is 38.1 Å². The van der Waals surface area contributed by atoms with Crippen molar-refractivity contribution in [1.82, 2.24) is 14.7 Å². The molecule has 128 valence electrons. The molecule has 5 nitrogen and oxygen atoms in total. The van der Waals surface area contributed by atoms with Gasteiger partial charge in [-0.3, -0.25) is 4.99 Å². The molecule has 2 N–H and O–H groups in total. The van der Waals surface area contributed by atoms with Crippen molar-refractivity contribution in [2.75, 3.05) is 58.9 Å². The van der Waals surface area contributed by atoms with Gasteiger partial charge in [-0.05, 0) is 31.2 Å². The highest BCUT2D eigenvalue weighted by molar-refractivity contribution is 5.78. The molecule has 2 aliphatic rings. The molecule has 2 saturated heterocycles. The van der Waals surface area contributed by atoms with Crippen LogP contribution in [0, 0.1) is 11.8 Å². The number of nitrogens with zero attached hydrogens (tertiary/aromatic N) is 4. The highest BCUT2D eigenvalue weighted by Gasteiger charge is 2.19. The Kier molecular flexibility index (Phi) is 6.96. The monoisotopic (exact) mass is 309 g/mol. The van der Waals surface area contributed by atoms with Crippen molar-refractivity contribution in [3.05, 3.63) is 0 Å². The van der Waals surface area contributed by atoms with Crippen LogP contribution in [0.3, 0.4) is 0 Å². The fourth-order valence-corrected chi connectivity index (χ4v) is 3.53. The second-order valence-corrected chi connectivity index (χ2v) is 7.23. The van der Waals surface area contributed by atoms with Crippen molar-refractivity contribution in [2.24, 2.45) is 22.6 Å². The SMILES string of the molecule is CCN1CCN(CC(C)CN=C(N)N2CCCC(C)C2)CC1. The van der Waals surface area contributed by atoms with E-state index in [9.17, 15) is 0 Å². The lowest BCUT2D eigenvalue weighted by atomic mass is 10.0. The smallest absolute Gasteiger partial charge is 0.191 e. The summed E-state index contributed by atoms with van der Waals surface area (Å²) in [6, 6.07) is 0. The molecule has 2 heterocycles. The first kappa shape index (κ1) is 17.5. The average Bonchev–Trinajstić information content (AvgIpc) is 2.53. The third kappa shape index (κ3) is 5.43. The summed E-state index contributed by atoms with van der Waals surface area (Å²) in [6.07, 6.45) is 2.57. The van der Waals surface area contributed by atoms with Crippen LogP contribution in [0.4, 0.5) is 0 Å².